The first kappa shape index (κ1) is 30.1. The molecule has 0 unspecified atom stereocenters. The van der Waals surface area contributed by atoms with E-state index in [1.807, 2.05) is 42.5 Å². The maximum atomic E-state index is 13.8. The van der Waals surface area contributed by atoms with Crippen molar-refractivity contribution in [3.05, 3.63) is 114 Å². The van der Waals surface area contributed by atoms with Crippen molar-refractivity contribution >= 4 is 33.3 Å². The normalized spacial score (nSPS) is 14.5. The number of alkyl halides is 2. The quantitative estimate of drug-likeness (QED) is 0.175. The van der Waals surface area contributed by atoms with Gasteiger partial charge < -0.3 is 14.8 Å². The molecule has 4 aromatic carbocycles. The van der Waals surface area contributed by atoms with Gasteiger partial charge in [0.05, 0.1) is 18.1 Å². The Morgan fingerprint density at radius 1 is 0.907 bits per heavy atom. The van der Waals surface area contributed by atoms with Crippen LogP contribution in [0.5, 0.6) is 5.75 Å². The predicted octanol–water partition coefficient (Wildman–Crippen LogP) is 6.46. The fraction of sp³-hybridized carbons (Fsp3) is 0.182. The Morgan fingerprint density at radius 2 is 1.56 bits per heavy atom. The second kappa shape index (κ2) is 13.3. The van der Waals surface area contributed by atoms with Crippen molar-refractivity contribution in [2.24, 2.45) is 0 Å². The molecule has 43 heavy (non-hydrogen) atoms. The monoisotopic (exact) mass is 604 g/mol. The summed E-state index contributed by atoms with van der Waals surface area (Å²) in [5.41, 5.74) is 3.71. The molecule has 1 heterocycles. The number of nitrogens with one attached hydrogen (secondary N) is 1. The third kappa shape index (κ3) is 7.16. The summed E-state index contributed by atoms with van der Waals surface area (Å²) in [6.45, 7) is -0.255. The van der Waals surface area contributed by atoms with Gasteiger partial charge in [-0.25, -0.2) is 8.42 Å². The molecule has 0 spiro atoms. The Morgan fingerprint density at radius 3 is 2.26 bits per heavy atom. The fourth-order valence-corrected chi connectivity index (χ4v) is 6.45. The molecule has 10 heteroatoms. The van der Waals surface area contributed by atoms with Gasteiger partial charge in [-0.15, -0.1) is 0 Å². The molecule has 222 valence electrons. The molecule has 0 aromatic heterocycles. The topological polar surface area (TPSA) is 84.9 Å². The van der Waals surface area contributed by atoms with E-state index in [0.717, 1.165) is 11.1 Å². The lowest BCUT2D eigenvalue weighted by molar-refractivity contribution is -0.111. The zero-order valence-electron chi connectivity index (χ0n) is 23.4. The molecule has 1 N–H and O–H groups in total. The number of morpholine rings is 1. The molecule has 0 saturated carbocycles. The van der Waals surface area contributed by atoms with Crippen molar-refractivity contribution in [1.82, 2.24) is 4.31 Å². The number of halogens is 2. The number of ether oxygens (including phenoxy) is 2. The lowest BCUT2D eigenvalue weighted by atomic mass is 9.98. The average molecular weight is 605 g/mol. The largest absolute Gasteiger partial charge is 0.434 e. The van der Waals surface area contributed by atoms with Crippen LogP contribution in [0, 0.1) is 6.92 Å². The van der Waals surface area contributed by atoms with E-state index >= 15 is 0 Å². The Labute approximate surface area is 249 Å². The second-order valence-corrected chi connectivity index (χ2v) is 11.8. The summed E-state index contributed by atoms with van der Waals surface area (Å²) in [5.74, 6) is -0.643. The smallest absolute Gasteiger partial charge is 0.387 e. The number of carbonyl (C=O) groups excluding carboxylic acids is 1. The number of nitrogens with zero attached hydrogens (tertiary/aromatic N) is 1. The van der Waals surface area contributed by atoms with Crippen LogP contribution >= 0.6 is 0 Å². The molecule has 7 nitrogen and oxygen atoms in total. The van der Waals surface area contributed by atoms with E-state index in [1.54, 1.807) is 49.4 Å². The van der Waals surface area contributed by atoms with E-state index in [2.05, 4.69) is 5.32 Å². The Bertz CT molecular complexity index is 1720. The van der Waals surface area contributed by atoms with Gasteiger partial charge >= 0.3 is 6.61 Å². The molecular weight excluding hydrogens is 574 g/mol. The lowest BCUT2D eigenvalue weighted by Crippen LogP contribution is -2.40. The molecular formula is C33H30F2N2O5S. The van der Waals surface area contributed by atoms with Crippen LogP contribution in [0.4, 0.5) is 14.5 Å². The second-order valence-electron chi connectivity index (χ2n) is 9.87. The number of anilines is 1. The van der Waals surface area contributed by atoms with Crippen molar-refractivity contribution in [2.75, 3.05) is 31.6 Å². The zero-order chi connectivity index (χ0) is 30.4. The highest BCUT2D eigenvalue weighted by Crippen LogP contribution is 2.30. The number of rotatable bonds is 9. The van der Waals surface area contributed by atoms with Gasteiger partial charge in [0.1, 0.15) is 5.75 Å². The van der Waals surface area contributed by atoms with Crippen LogP contribution in [0.25, 0.3) is 22.8 Å². The van der Waals surface area contributed by atoms with Gasteiger partial charge in [-0.2, -0.15) is 13.1 Å². The van der Waals surface area contributed by atoms with Crippen LogP contribution in [0.3, 0.4) is 0 Å². The Hall–Kier alpha value is -4.38. The molecule has 1 saturated heterocycles. The molecule has 0 aliphatic carbocycles. The zero-order valence-corrected chi connectivity index (χ0v) is 24.2. The van der Waals surface area contributed by atoms with Crippen LogP contribution < -0.4 is 10.1 Å². The first-order valence-electron chi connectivity index (χ1n) is 13.6. The fourth-order valence-electron chi connectivity index (χ4n) is 4.79. The molecule has 0 radical (unpaired) electrons. The van der Waals surface area contributed by atoms with Crippen molar-refractivity contribution < 1.29 is 31.5 Å². The summed E-state index contributed by atoms with van der Waals surface area (Å²) in [6, 6.07) is 27.9. The average Bonchev–Trinajstić information content (AvgIpc) is 3.02. The van der Waals surface area contributed by atoms with Crippen LogP contribution in [-0.4, -0.2) is 51.5 Å². The van der Waals surface area contributed by atoms with Gasteiger partial charge in [0, 0.05) is 29.9 Å². The summed E-state index contributed by atoms with van der Waals surface area (Å²) in [4.78, 5) is 13.9. The number of hydrogen-bond donors (Lipinski definition) is 1. The third-order valence-corrected chi connectivity index (χ3v) is 9.06. The van der Waals surface area contributed by atoms with Crippen molar-refractivity contribution in [3.8, 4) is 16.9 Å². The number of amides is 1. The Balaban J connectivity index is 1.51. The minimum Gasteiger partial charge on any atom is -0.434 e. The highest BCUT2D eigenvalue weighted by molar-refractivity contribution is 7.89. The standard InChI is InChI=1S/C33H30F2N2O5S/c1-23-11-16-28(22-31(23)43(39,40)37-17-19-41-20-18-37)36-32(38)29(21-27-9-5-6-10-30(27)42-33(34)35)26-14-12-25(13-15-26)24-7-3-2-4-8-24/h2-16,21-22,33H,17-20H2,1H3,(H,36,38). The van der Waals surface area contributed by atoms with Crippen LogP contribution in [0.2, 0.25) is 0 Å². The molecule has 1 aliphatic heterocycles. The minimum absolute atomic E-state index is 0.0839. The van der Waals surface area contributed by atoms with Crippen LogP contribution in [0.15, 0.2) is 102 Å². The molecule has 1 aliphatic rings. The van der Waals surface area contributed by atoms with Gasteiger partial charge in [0.2, 0.25) is 10.0 Å². The number of benzene rings is 4. The predicted molar refractivity (Wildman–Crippen MR) is 162 cm³/mol. The van der Waals surface area contributed by atoms with E-state index in [4.69, 9.17) is 9.47 Å². The molecule has 1 amide bonds. The number of aryl methyl sites for hydroxylation is 1. The summed E-state index contributed by atoms with van der Waals surface area (Å²) >= 11 is 0. The molecule has 0 bridgehead atoms. The van der Waals surface area contributed by atoms with Crippen molar-refractivity contribution in [3.63, 3.8) is 0 Å². The SMILES string of the molecule is Cc1ccc(NC(=O)C(=Cc2ccccc2OC(F)F)c2ccc(-c3ccccc3)cc2)cc1S(=O)(=O)N1CCOCC1. The molecule has 5 rings (SSSR count). The Kier molecular flexibility index (Phi) is 9.30. The summed E-state index contributed by atoms with van der Waals surface area (Å²) in [5, 5.41) is 2.81. The van der Waals surface area contributed by atoms with E-state index in [9.17, 15) is 22.0 Å². The van der Waals surface area contributed by atoms with Crippen molar-refractivity contribution in [1.29, 1.82) is 0 Å². The van der Waals surface area contributed by atoms with E-state index < -0.39 is 22.5 Å². The number of sulfonamides is 1. The highest BCUT2D eigenvalue weighted by Gasteiger charge is 2.28. The van der Waals surface area contributed by atoms with Gasteiger partial charge in [-0.3, -0.25) is 4.79 Å². The molecule has 4 aromatic rings. The van der Waals surface area contributed by atoms with Crippen molar-refractivity contribution in [2.45, 2.75) is 18.4 Å². The lowest BCUT2D eigenvalue weighted by Gasteiger charge is -2.27. The van der Waals surface area contributed by atoms with Crippen LogP contribution in [0.1, 0.15) is 16.7 Å². The minimum atomic E-state index is -3.82. The van der Waals surface area contributed by atoms with E-state index in [0.29, 0.717) is 24.3 Å². The number of carbonyl (C=O) groups is 1. The molecule has 1 fully saturated rings. The summed E-state index contributed by atoms with van der Waals surface area (Å²) in [6.07, 6.45) is 1.48. The van der Waals surface area contributed by atoms with Crippen LogP contribution in [-0.2, 0) is 19.6 Å². The third-order valence-electron chi connectivity index (χ3n) is 7.02. The van der Waals surface area contributed by atoms with Gasteiger partial charge in [-0.1, -0.05) is 78.9 Å². The van der Waals surface area contributed by atoms with Gasteiger partial charge in [0.15, 0.2) is 0 Å². The number of hydrogen-bond acceptors (Lipinski definition) is 5. The highest BCUT2D eigenvalue weighted by atomic mass is 32.2. The van der Waals surface area contributed by atoms with E-state index in [1.165, 1.54) is 22.5 Å². The first-order valence-corrected chi connectivity index (χ1v) is 15.1. The summed E-state index contributed by atoms with van der Waals surface area (Å²) < 4.78 is 64.4. The maximum Gasteiger partial charge on any atom is 0.387 e. The maximum absolute atomic E-state index is 13.8. The van der Waals surface area contributed by atoms with Gasteiger partial charge in [0.25, 0.3) is 5.91 Å². The van der Waals surface area contributed by atoms with E-state index in [-0.39, 0.29) is 40.6 Å². The van der Waals surface area contributed by atoms with Gasteiger partial charge in [-0.05, 0) is 53.5 Å². The summed E-state index contributed by atoms with van der Waals surface area (Å²) in [7, 11) is -3.82. The molecule has 0 atom stereocenters. The first-order chi connectivity index (χ1) is 20.7. The number of para-hydroxylation sites is 1.